The molecule has 1 aliphatic rings. The normalized spacial score (nSPS) is 17.2. The lowest BCUT2D eigenvalue weighted by molar-refractivity contribution is 0.0794. The zero-order valence-electron chi connectivity index (χ0n) is 14.1. The van der Waals surface area contributed by atoms with Gasteiger partial charge in [0.25, 0.3) is 5.91 Å². The summed E-state index contributed by atoms with van der Waals surface area (Å²) in [6.45, 7) is 5.17. The highest BCUT2D eigenvalue weighted by Gasteiger charge is 2.30. The van der Waals surface area contributed by atoms with E-state index in [9.17, 15) is 4.79 Å². The average Bonchev–Trinajstić information content (AvgIpc) is 3.35. The van der Waals surface area contributed by atoms with Gasteiger partial charge < -0.3 is 9.88 Å². The maximum absolute atomic E-state index is 12.7. The molecule has 0 aliphatic carbocycles. The van der Waals surface area contributed by atoms with E-state index in [2.05, 4.69) is 24.9 Å². The van der Waals surface area contributed by atoms with Gasteiger partial charge in [0, 0.05) is 37.1 Å². The van der Waals surface area contributed by atoms with Crippen molar-refractivity contribution in [1.82, 2.24) is 29.8 Å². The monoisotopic (exact) mass is 354 g/mol. The van der Waals surface area contributed by atoms with Gasteiger partial charge in [0.2, 0.25) is 0 Å². The van der Waals surface area contributed by atoms with Crippen LogP contribution in [0.4, 0.5) is 0 Å². The summed E-state index contributed by atoms with van der Waals surface area (Å²) in [6, 6.07) is 1.97. The molecule has 1 atom stereocenters. The quantitative estimate of drug-likeness (QED) is 0.781. The van der Waals surface area contributed by atoms with Crippen molar-refractivity contribution in [1.29, 1.82) is 0 Å². The van der Waals surface area contributed by atoms with Crippen LogP contribution in [0.3, 0.4) is 0 Å². The molecule has 0 spiro atoms. The highest BCUT2D eigenvalue weighted by Crippen LogP contribution is 2.29. The predicted molar refractivity (Wildman–Crippen MR) is 94.5 cm³/mol. The van der Waals surface area contributed by atoms with Crippen LogP contribution in [0, 0.1) is 13.8 Å². The number of nitrogens with one attached hydrogen (secondary N) is 1. The third-order valence-electron chi connectivity index (χ3n) is 4.43. The van der Waals surface area contributed by atoms with E-state index >= 15 is 0 Å². The number of aryl methyl sites for hydroxylation is 2. The Kier molecular flexibility index (Phi) is 4.04. The lowest BCUT2D eigenvalue weighted by Gasteiger charge is -2.16. The first-order valence-corrected chi connectivity index (χ1v) is 9.04. The zero-order valence-corrected chi connectivity index (χ0v) is 14.9. The predicted octanol–water partition coefficient (Wildman–Crippen LogP) is 2.57. The second kappa shape index (κ2) is 6.36. The first-order chi connectivity index (χ1) is 12.1. The van der Waals surface area contributed by atoms with Gasteiger partial charge in [0.1, 0.15) is 16.4 Å². The van der Waals surface area contributed by atoms with Crippen molar-refractivity contribution in [3.63, 3.8) is 0 Å². The molecular formula is C17H18N6OS. The fourth-order valence-electron chi connectivity index (χ4n) is 3.16. The van der Waals surface area contributed by atoms with Crippen LogP contribution < -0.4 is 0 Å². The van der Waals surface area contributed by atoms with Gasteiger partial charge in [0.05, 0.1) is 11.2 Å². The summed E-state index contributed by atoms with van der Waals surface area (Å²) < 4.78 is 0. The lowest BCUT2D eigenvalue weighted by atomic mass is 10.0. The molecule has 4 rings (SSSR count). The van der Waals surface area contributed by atoms with Crippen molar-refractivity contribution in [3.8, 4) is 11.5 Å². The number of carbonyl (C=O) groups is 1. The Hall–Kier alpha value is -2.61. The van der Waals surface area contributed by atoms with E-state index in [0.29, 0.717) is 12.4 Å². The minimum Gasteiger partial charge on any atom is -0.343 e. The molecule has 7 nitrogen and oxygen atoms in total. The molecule has 4 heterocycles. The van der Waals surface area contributed by atoms with Crippen molar-refractivity contribution < 1.29 is 4.79 Å². The second-order valence-corrected chi connectivity index (χ2v) is 7.02. The Labute approximate surface area is 149 Å². The minimum absolute atomic E-state index is 0.0690. The number of amides is 1. The molecule has 0 saturated carbocycles. The van der Waals surface area contributed by atoms with Gasteiger partial charge in [-0.15, -0.1) is 11.3 Å². The van der Waals surface area contributed by atoms with Crippen molar-refractivity contribution in [3.05, 3.63) is 46.1 Å². The van der Waals surface area contributed by atoms with Crippen LogP contribution in [-0.2, 0) is 0 Å². The molecule has 1 aliphatic heterocycles. The van der Waals surface area contributed by atoms with Crippen LogP contribution in [0.1, 0.15) is 39.2 Å². The first kappa shape index (κ1) is 15.9. The van der Waals surface area contributed by atoms with Gasteiger partial charge in [-0.1, -0.05) is 0 Å². The molecule has 0 radical (unpaired) electrons. The third-order valence-corrected chi connectivity index (χ3v) is 5.35. The van der Waals surface area contributed by atoms with Gasteiger partial charge >= 0.3 is 0 Å². The summed E-state index contributed by atoms with van der Waals surface area (Å²) >= 11 is 1.40. The maximum atomic E-state index is 12.7. The summed E-state index contributed by atoms with van der Waals surface area (Å²) in [7, 11) is 0. The molecule has 1 fully saturated rings. The highest BCUT2D eigenvalue weighted by molar-refractivity contribution is 7.11. The Morgan fingerprint density at radius 2 is 2.20 bits per heavy atom. The summed E-state index contributed by atoms with van der Waals surface area (Å²) in [5.74, 6) is 1.73. The number of carbonyl (C=O) groups excluding carboxylic acids is 1. The van der Waals surface area contributed by atoms with Crippen molar-refractivity contribution >= 4 is 17.2 Å². The molecule has 1 unspecified atom stereocenters. The molecule has 128 valence electrons. The highest BCUT2D eigenvalue weighted by atomic mass is 32.1. The van der Waals surface area contributed by atoms with Crippen LogP contribution in [0.25, 0.3) is 11.5 Å². The third kappa shape index (κ3) is 3.05. The number of imidazole rings is 1. The fourth-order valence-corrected chi connectivity index (χ4v) is 3.93. The van der Waals surface area contributed by atoms with Crippen LogP contribution in [0.5, 0.6) is 0 Å². The van der Waals surface area contributed by atoms with E-state index in [1.54, 1.807) is 17.9 Å². The van der Waals surface area contributed by atoms with E-state index in [4.69, 9.17) is 0 Å². The number of thiazole rings is 1. The number of aromatic nitrogens is 5. The van der Waals surface area contributed by atoms with Gasteiger partial charge in [-0.25, -0.2) is 19.9 Å². The fraction of sp³-hybridized carbons (Fsp3) is 0.353. The molecule has 1 saturated heterocycles. The van der Waals surface area contributed by atoms with Crippen molar-refractivity contribution in [2.24, 2.45) is 0 Å². The number of hydrogen-bond acceptors (Lipinski definition) is 6. The Morgan fingerprint density at radius 1 is 1.32 bits per heavy atom. The van der Waals surface area contributed by atoms with E-state index in [-0.39, 0.29) is 11.8 Å². The minimum atomic E-state index is 0.0690. The summed E-state index contributed by atoms with van der Waals surface area (Å²) in [6.07, 6.45) is 4.39. The van der Waals surface area contributed by atoms with Crippen LogP contribution in [-0.4, -0.2) is 48.8 Å². The van der Waals surface area contributed by atoms with Gasteiger partial charge in [0.15, 0.2) is 5.82 Å². The number of likely N-dealkylation sites (tertiary alicyclic amines) is 1. The number of rotatable bonds is 3. The molecule has 1 N–H and O–H groups in total. The summed E-state index contributed by atoms with van der Waals surface area (Å²) in [5, 5.41) is 0. The number of H-pyrrole nitrogens is 1. The standard InChI is InChI=1S/C17H18N6OS/c1-10-15(25-9-20-10)17(24)23-6-3-12(8-23)13-7-14(22-11(2)21-13)16-18-4-5-19-16/h4-5,7,9,12H,3,6,8H2,1-2H3,(H,18,19). The van der Waals surface area contributed by atoms with Gasteiger partial charge in [-0.3, -0.25) is 4.79 Å². The molecular weight excluding hydrogens is 336 g/mol. The van der Waals surface area contributed by atoms with Crippen LogP contribution >= 0.6 is 11.3 Å². The Morgan fingerprint density at radius 3 is 2.92 bits per heavy atom. The summed E-state index contributed by atoms with van der Waals surface area (Å²) in [5.41, 5.74) is 4.28. The zero-order chi connectivity index (χ0) is 17.4. The van der Waals surface area contributed by atoms with Gasteiger partial charge in [-0.05, 0) is 26.3 Å². The number of aromatic amines is 1. The second-order valence-electron chi connectivity index (χ2n) is 6.17. The Balaban J connectivity index is 1.56. The smallest absolute Gasteiger partial charge is 0.265 e. The molecule has 0 bridgehead atoms. The topological polar surface area (TPSA) is 87.7 Å². The lowest BCUT2D eigenvalue weighted by Crippen LogP contribution is -2.28. The van der Waals surface area contributed by atoms with E-state index < -0.39 is 0 Å². The molecule has 3 aromatic rings. The van der Waals surface area contributed by atoms with E-state index in [1.165, 1.54) is 11.3 Å². The maximum Gasteiger partial charge on any atom is 0.265 e. The number of nitrogens with zero attached hydrogens (tertiary/aromatic N) is 5. The number of hydrogen-bond donors (Lipinski definition) is 1. The van der Waals surface area contributed by atoms with Gasteiger partial charge in [-0.2, -0.15) is 0 Å². The molecule has 3 aromatic heterocycles. The SMILES string of the molecule is Cc1nc(-c2ncc[nH]2)cc(C2CCN(C(=O)c3scnc3C)C2)n1. The largest absolute Gasteiger partial charge is 0.343 e. The van der Waals surface area contributed by atoms with Crippen LogP contribution in [0.2, 0.25) is 0 Å². The molecule has 8 heteroatoms. The van der Waals surface area contributed by atoms with Crippen molar-refractivity contribution in [2.75, 3.05) is 13.1 Å². The van der Waals surface area contributed by atoms with E-state index in [1.807, 2.05) is 24.8 Å². The molecule has 25 heavy (non-hydrogen) atoms. The van der Waals surface area contributed by atoms with Crippen molar-refractivity contribution in [2.45, 2.75) is 26.2 Å². The average molecular weight is 354 g/mol. The van der Waals surface area contributed by atoms with Crippen LogP contribution in [0.15, 0.2) is 24.0 Å². The van der Waals surface area contributed by atoms with E-state index in [0.717, 1.165) is 40.7 Å². The summed E-state index contributed by atoms with van der Waals surface area (Å²) in [4.78, 5) is 35.9. The molecule has 0 aromatic carbocycles. The molecule has 1 amide bonds. The first-order valence-electron chi connectivity index (χ1n) is 8.16. The Bertz CT molecular complexity index is 904.